The van der Waals surface area contributed by atoms with Crippen LogP contribution in [-0.2, 0) is 6.54 Å². The maximum Gasteiger partial charge on any atom is 0.161 e. The predicted molar refractivity (Wildman–Crippen MR) is 74.6 cm³/mol. The van der Waals surface area contributed by atoms with Crippen molar-refractivity contribution >= 4 is 0 Å². The Balaban J connectivity index is 2.53. The number of hydrogen-bond acceptors (Lipinski definition) is 3. The van der Waals surface area contributed by atoms with Gasteiger partial charge in [0.25, 0.3) is 0 Å². The summed E-state index contributed by atoms with van der Waals surface area (Å²) < 4.78 is 0. The Labute approximate surface area is 110 Å². The van der Waals surface area contributed by atoms with Crippen LogP contribution in [0.5, 0.6) is 11.5 Å². The minimum atomic E-state index is -0.0569. The molecule has 0 radical (unpaired) electrons. The van der Waals surface area contributed by atoms with Gasteiger partial charge in [-0.25, -0.2) is 0 Å². The van der Waals surface area contributed by atoms with E-state index in [1.165, 1.54) is 6.07 Å². The number of para-hydroxylation sites is 1. The molecule has 0 bridgehead atoms. The van der Waals surface area contributed by atoms with Gasteiger partial charge in [-0.1, -0.05) is 39.8 Å². The van der Waals surface area contributed by atoms with Gasteiger partial charge < -0.3 is 15.5 Å². The molecule has 102 valence electrons. The van der Waals surface area contributed by atoms with Gasteiger partial charge in [-0.3, -0.25) is 0 Å². The summed E-state index contributed by atoms with van der Waals surface area (Å²) in [6.45, 7) is 10.4. The summed E-state index contributed by atoms with van der Waals surface area (Å²) in [5.74, 6) is 1.81. The Morgan fingerprint density at radius 1 is 1.06 bits per heavy atom. The van der Waals surface area contributed by atoms with Gasteiger partial charge in [-0.05, 0) is 30.4 Å². The highest BCUT2D eigenvalue weighted by Gasteiger charge is 2.17. The highest BCUT2D eigenvalue weighted by molar-refractivity contribution is 5.44. The molecule has 1 aromatic rings. The van der Waals surface area contributed by atoms with Crippen molar-refractivity contribution in [1.29, 1.82) is 0 Å². The molecule has 0 saturated carbocycles. The molecule has 3 N–H and O–H groups in total. The van der Waals surface area contributed by atoms with E-state index >= 15 is 0 Å². The highest BCUT2D eigenvalue weighted by Crippen LogP contribution is 2.28. The summed E-state index contributed by atoms with van der Waals surface area (Å²) in [5, 5.41) is 22.5. The minimum absolute atomic E-state index is 0.0179. The average molecular weight is 251 g/mol. The van der Waals surface area contributed by atoms with Crippen LogP contribution in [0.4, 0.5) is 0 Å². The number of phenols is 2. The third kappa shape index (κ3) is 3.91. The number of benzene rings is 1. The van der Waals surface area contributed by atoms with Gasteiger partial charge in [0.1, 0.15) is 0 Å². The Kier molecular flexibility index (Phi) is 5.48. The zero-order valence-electron chi connectivity index (χ0n) is 11.8. The Morgan fingerprint density at radius 2 is 1.67 bits per heavy atom. The largest absolute Gasteiger partial charge is 0.504 e. The molecule has 0 amide bonds. The topological polar surface area (TPSA) is 52.5 Å². The third-order valence-electron chi connectivity index (χ3n) is 3.51. The van der Waals surface area contributed by atoms with E-state index in [-0.39, 0.29) is 11.5 Å². The summed E-state index contributed by atoms with van der Waals surface area (Å²) in [4.78, 5) is 0. The van der Waals surface area contributed by atoms with Crippen molar-refractivity contribution < 1.29 is 10.2 Å². The summed E-state index contributed by atoms with van der Waals surface area (Å²) in [6, 6.07) is 5.06. The molecule has 0 unspecified atom stereocenters. The molecule has 1 rings (SSSR count). The third-order valence-corrected chi connectivity index (χ3v) is 3.51. The lowest BCUT2D eigenvalue weighted by atomic mass is 9.85. The van der Waals surface area contributed by atoms with Crippen molar-refractivity contribution in [2.45, 2.75) is 34.2 Å². The monoisotopic (exact) mass is 251 g/mol. The van der Waals surface area contributed by atoms with E-state index < -0.39 is 0 Å². The molecular formula is C15H25NO2. The number of nitrogens with one attached hydrogen (secondary N) is 1. The standard InChI is InChI=1S/C15H25NO2/c1-10(2)13(11(3)4)9-16-8-12-6-5-7-14(17)15(12)18/h5-7,10-11,13,16-18H,8-9H2,1-4H3. The second-order valence-corrected chi connectivity index (χ2v) is 5.57. The van der Waals surface area contributed by atoms with Gasteiger partial charge >= 0.3 is 0 Å². The summed E-state index contributed by atoms with van der Waals surface area (Å²) >= 11 is 0. The van der Waals surface area contributed by atoms with E-state index in [2.05, 4.69) is 33.0 Å². The second-order valence-electron chi connectivity index (χ2n) is 5.57. The van der Waals surface area contributed by atoms with E-state index in [9.17, 15) is 10.2 Å². The van der Waals surface area contributed by atoms with Crippen molar-refractivity contribution in [3.05, 3.63) is 23.8 Å². The first-order valence-corrected chi connectivity index (χ1v) is 6.64. The normalized spacial score (nSPS) is 11.7. The molecular weight excluding hydrogens is 226 g/mol. The van der Waals surface area contributed by atoms with Crippen LogP contribution in [0.25, 0.3) is 0 Å². The van der Waals surface area contributed by atoms with Crippen molar-refractivity contribution in [3.63, 3.8) is 0 Å². The maximum absolute atomic E-state index is 9.69. The predicted octanol–water partition coefficient (Wildman–Crippen LogP) is 3.12. The van der Waals surface area contributed by atoms with Crippen molar-refractivity contribution in [3.8, 4) is 11.5 Å². The van der Waals surface area contributed by atoms with Crippen LogP contribution in [0.1, 0.15) is 33.3 Å². The lowest BCUT2D eigenvalue weighted by Gasteiger charge is -2.25. The van der Waals surface area contributed by atoms with Crippen LogP contribution >= 0.6 is 0 Å². The number of rotatable bonds is 6. The smallest absolute Gasteiger partial charge is 0.161 e. The first-order chi connectivity index (χ1) is 8.43. The number of hydrogen-bond donors (Lipinski definition) is 3. The molecule has 18 heavy (non-hydrogen) atoms. The molecule has 0 aliphatic heterocycles. The fraction of sp³-hybridized carbons (Fsp3) is 0.600. The van der Waals surface area contributed by atoms with Crippen molar-refractivity contribution in [1.82, 2.24) is 5.32 Å². The zero-order chi connectivity index (χ0) is 13.7. The minimum Gasteiger partial charge on any atom is -0.504 e. The van der Waals surface area contributed by atoms with E-state index in [1.807, 2.05) is 6.07 Å². The lowest BCUT2D eigenvalue weighted by molar-refractivity contribution is 0.275. The Hall–Kier alpha value is -1.22. The zero-order valence-corrected chi connectivity index (χ0v) is 11.8. The van der Waals surface area contributed by atoms with Crippen molar-refractivity contribution in [2.24, 2.45) is 17.8 Å². The molecule has 0 aromatic heterocycles. The Morgan fingerprint density at radius 3 is 2.22 bits per heavy atom. The van der Waals surface area contributed by atoms with Gasteiger partial charge in [0.2, 0.25) is 0 Å². The van der Waals surface area contributed by atoms with Gasteiger partial charge in [0, 0.05) is 12.1 Å². The quantitative estimate of drug-likeness (QED) is 0.681. The molecule has 0 heterocycles. The molecule has 0 aliphatic carbocycles. The van der Waals surface area contributed by atoms with Crippen molar-refractivity contribution in [2.75, 3.05) is 6.54 Å². The summed E-state index contributed by atoms with van der Waals surface area (Å²) in [6.07, 6.45) is 0. The van der Waals surface area contributed by atoms with Gasteiger partial charge in [-0.2, -0.15) is 0 Å². The van der Waals surface area contributed by atoms with Crippen LogP contribution in [0.2, 0.25) is 0 Å². The van der Waals surface area contributed by atoms with Gasteiger partial charge in [0.05, 0.1) is 0 Å². The maximum atomic E-state index is 9.69. The SMILES string of the molecule is CC(C)C(CNCc1cccc(O)c1O)C(C)C. The first kappa shape index (κ1) is 14.8. The van der Waals surface area contributed by atoms with Crippen LogP contribution in [0.3, 0.4) is 0 Å². The average Bonchev–Trinajstić information content (AvgIpc) is 2.28. The molecule has 0 aliphatic rings. The lowest BCUT2D eigenvalue weighted by Crippen LogP contribution is -2.29. The molecule has 3 heteroatoms. The first-order valence-electron chi connectivity index (χ1n) is 6.64. The van der Waals surface area contributed by atoms with E-state index in [4.69, 9.17) is 0 Å². The number of aromatic hydroxyl groups is 2. The summed E-state index contributed by atoms with van der Waals surface area (Å²) in [5.41, 5.74) is 0.737. The van der Waals surface area contributed by atoms with E-state index in [0.29, 0.717) is 24.3 Å². The van der Waals surface area contributed by atoms with Gasteiger partial charge in [0.15, 0.2) is 11.5 Å². The molecule has 3 nitrogen and oxygen atoms in total. The fourth-order valence-corrected chi connectivity index (χ4v) is 2.34. The molecule has 0 saturated heterocycles. The molecule has 0 fully saturated rings. The highest BCUT2D eigenvalue weighted by atomic mass is 16.3. The second kappa shape index (κ2) is 6.64. The number of phenolic OH excluding ortho intramolecular Hbond substituents is 2. The van der Waals surface area contributed by atoms with Crippen LogP contribution in [-0.4, -0.2) is 16.8 Å². The molecule has 0 atom stereocenters. The Bertz CT molecular complexity index is 367. The van der Waals surface area contributed by atoms with E-state index in [1.54, 1.807) is 6.07 Å². The van der Waals surface area contributed by atoms with Crippen LogP contribution in [0.15, 0.2) is 18.2 Å². The van der Waals surface area contributed by atoms with Crippen LogP contribution in [0, 0.1) is 17.8 Å². The summed E-state index contributed by atoms with van der Waals surface area (Å²) in [7, 11) is 0. The van der Waals surface area contributed by atoms with E-state index in [0.717, 1.165) is 12.1 Å². The van der Waals surface area contributed by atoms with Crippen LogP contribution < -0.4 is 5.32 Å². The van der Waals surface area contributed by atoms with Gasteiger partial charge in [-0.15, -0.1) is 0 Å². The molecule has 0 spiro atoms. The molecule has 1 aromatic carbocycles. The fourth-order valence-electron chi connectivity index (χ4n) is 2.34.